The molecule has 6 atom stereocenters. The number of morpholine rings is 1. The number of carboxylic acids is 1. The number of aliphatic hydroxyl groups is 1. The van der Waals surface area contributed by atoms with Gasteiger partial charge in [0.15, 0.2) is 0 Å². The van der Waals surface area contributed by atoms with E-state index < -0.39 is 59.9 Å². The molecule has 5 amide bonds. The molecule has 0 radical (unpaired) electrons. The van der Waals surface area contributed by atoms with Crippen LogP contribution in [0.1, 0.15) is 107 Å². The number of carboxylic acid groups (broad SMARTS) is 1. The lowest BCUT2D eigenvalue weighted by Crippen LogP contribution is -2.58. The molecule has 1 fully saturated rings. The van der Waals surface area contributed by atoms with Crippen LogP contribution in [0.3, 0.4) is 0 Å². The predicted molar refractivity (Wildman–Crippen MR) is 195 cm³/mol. The quantitative estimate of drug-likeness (QED) is 0.0762. The highest BCUT2D eigenvalue weighted by Crippen LogP contribution is 2.14. The molecule has 0 spiro atoms. The molecule has 296 valence electrons. The summed E-state index contributed by atoms with van der Waals surface area (Å²) in [5.41, 5.74) is 0. The van der Waals surface area contributed by atoms with Crippen molar-refractivity contribution in [2.45, 2.75) is 138 Å². The number of carbonyl (C=O) groups is 6. The van der Waals surface area contributed by atoms with Crippen LogP contribution in [0, 0.1) is 17.8 Å². The van der Waals surface area contributed by atoms with E-state index >= 15 is 0 Å². The summed E-state index contributed by atoms with van der Waals surface area (Å²) in [7, 11) is 0. The Morgan fingerprint density at radius 2 is 1.43 bits per heavy atom. The molecule has 1 aliphatic heterocycles. The van der Waals surface area contributed by atoms with Gasteiger partial charge in [-0.2, -0.15) is 0 Å². The number of rotatable bonds is 24. The molecular formula is C36H68N6O9. The van der Waals surface area contributed by atoms with Crippen LogP contribution in [0.25, 0.3) is 0 Å². The zero-order valence-corrected chi connectivity index (χ0v) is 31.2. The predicted octanol–water partition coefficient (Wildman–Crippen LogP) is 1.56. The van der Waals surface area contributed by atoms with Crippen LogP contribution >= 0.6 is 0 Å². The van der Waals surface area contributed by atoms with Crippen LogP contribution in [0.5, 0.6) is 0 Å². The van der Waals surface area contributed by atoms with Crippen molar-refractivity contribution in [3.8, 4) is 0 Å². The molecule has 1 heterocycles. The van der Waals surface area contributed by atoms with Gasteiger partial charge in [0.25, 0.3) is 0 Å². The number of nitrogens with zero attached hydrogens (tertiary/aromatic N) is 1. The van der Waals surface area contributed by atoms with Gasteiger partial charge >= 0.3 is 5.97 Å². The van der Waals surface area contributed by atoms with Crippen molar-refractivity contribution in [3.05, 3.63) is 0 Å². The first-order valence-corrected chi connectivity index (χ1v) is 18.3. The van der Waals surface area contributed by atoms with E-state index in [1.165, 1.54) is 0 Å². The summed E-state index contributed by atoms with van der Waals surface area (Å²) in [5.74, 6) is -3.80. The number of hydrogen-bond donors (Lipinski definition) is 7. The average molecular weight is 729 g/mol. The highest BCUT2D eigenvalue weighted by atomic mass is 16.5. The number of aliphatic carboxylic acids is 1. The van der Waals surface area contributed by atoms with Crippen LogP contribution in [0.15, 0.2) is 0 Å². The minimum Gasteiger partial charge on any atom is -0.481 e. The Hall–Kier alpha value is -3.30. The third-order valence-electron chi connectivity index (χ3n) is 8.83. The number of nitrogens with one attached hydrogen (secondary N) is 5. The Labute approximate surface area is 305 Å². The third kappa shape index (κ3) is 19.2. The fourth-order valence-corrected chi connectivity index (χ4v) is 5.64. The van der Waals surface area contributed by atoms with Gasteiger partial charge in [0.1, 0.15) is 18.1 Å². The number of amides is 5. The van der Waals surface area contributed by atoms with Gasteiger partial charge in [-0.1, -0.05) is 68.7 Å². The topological polar surface area (TPSA) is 216 Å². The minimum atomic E-state index is -1.27. The summed E-state index contributed by atoms with van der Waals surface area (Å²) in [5, 5.41) is 34.0. The molecule has 0 bridgehead atoms. The summed E-state index contributed by atoms with van der Waals surface area (Å²) < 4.78 is 5.35. The van der Waals surface area contributed by atoms with Crippen molar-refractivity contribution in [1.29, 1.82) is 0 Å². The molecule has 0 aromatic rings. The zero-order chi connectivity index (χ0) is 37.8. The van der Waals surface area contributed by atoms with E-state index in [1.807, 2.05) is 41.5 Å². The van der Waals surface area contributed by atoms with Gasteiger partial charge in [-0.15, -0.1) is 0 Å². The van der Waals surface area contributed by atoms with Crippen LogP contribution in [-0.2, 0) is 33.5 Å². The molecule has 0 saturated carbocycles. The van der Waals surface area contributed by atoms with E-state index in [-0.39, 0.29) is 56.8 Å². The number of aliphatic hydroxyl groups excluding tert-OH is 1. The van der Waals surface area contributed by atoms with Crippen LogP contribution in [-0.4, -0.2) is 120 Å². The fourth-order valence-electron chi connectivity index (χ4n) is 5.64. The van der Waals surface area contributed by atoms with E-state index in [9.17, 15) is 33.9 Å². The van der Waals surface area contributed by atoms with Crippen molar-refractivity contribution >= 4 is 35.5 Å². The summed E-state index contributed by atoms with van der Waals surface area (Å²) >= 11 is 0. The van der Waals surface area contributed by atoms with Crippen LogP contribution in [0.2, 0.25) is 0 Å². The first-order chi connectivity index (χ1) is 23.6. The third-order valence-corrected chi connectivity index (χ3v) is 8.83. The Kier molecular flexibility index (Phi) is 24.0. The summed E-state index contributed by atoms with van der Waals surface area (Å²) in [6, 6.07) is -3.53. The maximum absolute atomic E-state index is 13.6. The van der Waals surface area contributed by atoms with Crippen molar-refractivity contribution in [2.24, 2.45) is 17.8 Å². The Bertz CT molecular complexity index is 1080. The molecule has 0 aromatic heterocycles. The van der Waals surface area contributed by atoms with E-state index in [1.54, 1.807) is 6.92 Å². The Balaban J connectivity index is 0.0000250. The molecule has 0 unspecified atom stereocenters. The zero-order valence-electron chi connectivity index (χ0n) is 31.2. The molecule has 0 aliphatic carbocycles. The Morgan fingerprint density at radius 1 is 0.804 bits per heavy atom. The van der Waals surface area contributed by atoms with Gasteiger partial charge in [-0.3, -0.25) is 33.7 Å². The number of ether oxygens (including phenoxy) is 1. The molecule has 15 heteroatoms. The van der Waals surface area contributed by atoms with Crippen molar-refractivity contribution in [3.63, 3.8) is 0 Å². The highest BCUT2D eigenvalue weighted by Gasteiger charge is 2.33. The lowest BCUT2D eigenvalue weighted by atomic mass is 9.95. The second kappa shape index (κ2) is 25.6. The summed E-state index contributed by atoms with van der Waals surface area (Å²) in [6.07, 6.45) is 0.0613. The van der Waals surface area contributed by atoms with E-state index in [0.717, 1.165) is 13.1 Å². The molecule has 1 saturated heterocycles. The largest absolute Gasteiger partial charge is 0.481 e. The second-order valence-electron chi connectivity index (χ2n) is 14.1. The highest BCUT2D eigenvalue weighted by molar-refractivity contribution is 5.92. The normalized spacial score (nSPS) is 16.8. The summed E-state index contributed by atoms with van der Waals surface area (Å²) in [4.78, 5) is 78.6. The van der Waals surface area contributed by atoms with Crippen molar-refractivity contribution in [1.82, 2.24) is 31.5 Å². The molecule has 15 nitrogen and oxygen atoms in total. The summed E-state index contributed by atoms with van der Waals surface area (Å²) in [6.45, 7) is 17.0. The van der Waals surface area contributed by atoms with Crippen molar-refractivity contribution in [2.75, 3.05) is 39.4 Å². The van der Waals surface area contributed by atoms with Gasteiger partial charge in [-0.05, 0) is 37.0 Å². The molecule has 1 rings (SSSR count). The monoisotopic (exact) mass is 729 g/mol. The lowest BCUT2D eigenvalue weighted by Gasteiger charge is -2.30. The first-order valence-electron chi connectivity index (χ1n) is 18.3. The fraction of sp³-hybridized carbons (Fsp3) is 0.833. The van der Waals surface area contributed by atoms with Crippen LogP contribution < -0.4 is 26.6 Å². The van der Waals surface area contributed by atoms with E-state index in [4.69, 9.17) is 9.84 Å². The molecule has 7 N–H and O–H groups in total. The molecule has 51 heavy (non-hydrogen) atoms. The lowest BCUT2D eigenvalue weighted by molar-refractivity contribution is -0.137. The van der Waals surface area contributed by atoms with Crippen molar-refractivity contribution < 1.29 is 43.7 Å². The average Bonchev–Trinajstić information content (AvgIpc) is 3.04. The van der Waals surface area contributed by atoms with Gasteiger partial charge in [0.05, 0.1) is 31.8 Å². The molecule has 1 aliphatic rings. The van der Waals surface area contributed by atoms with E-state index in [0.29, 0.717) is 52.0 Å². The molecule has 0 aromatic carbocycles. The number of hydrogen-bond acceptors (Lipinski definition) is 9. The second-order valence-corrected chi connectivity index (χ2v) is 14.1. The minimum absolute atomic E-state index is 0. The first kappa shape index (κ1) is 47.7. The van der Waals surface area contributed by atoms with E-state index in [2.05, 4.69) is 31.5 Å². The maximum atomic E-state index is 13.6. The standard InChI is InChI=1S/C35H64N6O9.CH4/c1-8-11-25(37-35(49)32(24(7)9-2)39-28(43)12-10-13-30(45)46)33(47)38-26(20-22(3)4)27(42)21-29(44)40-31(23(5)6)34(48)36-14-15-41-16-18-50-19-17-41;/h22-27,31-32,42H,8-21H2,1-7H3,(H,36,48)(H,37,49)(H,38,47)(H,39,43)(H,40,44)(H,45,46);1H4/t24-,25+,26+,27+,31+,32+;/m1./s1. The smallest absolute Gasteiger partial charge is 0.303 e. The van der Waals surface area contributed by atoms with Gasteiger partial charge in [-0.25, -0.2) is 0 Å². The SMILES string of the molecule is C.CCC[C@H](NC(=O)[C@@H](NC(=O)CCCC(=O)O)[C@H](C)CC)C(=O)N[C@@H](CC(C)C)[C@@H](O)CC(=O)N[C@H](C(=O)NCCN1CCOCC1)C(C)C. The van der Waals surface area contributed by atoms with Gasteiger partial charge < -0.3 is 41.5 Å². The Morgan fingerprint density at radius 3 is 1.98 bits per heavy atom. The molecular weight excluding hydrogens is 660 g/mol. The van der Waals surface area contributed by atoms with Gasteiger partial charge in [0.2, 0.25) is 29.5 Å². The van der Waals surface area contributed by atoms with Crippen LogP contribution in [0.4, 0.5) is 0 Å². The number of carbonyl (C=O) groups excluding carboxylic acids is 5. The maximum Gasteiger partial charge on any atom is 0.303 e. The van der Waals surface area contributed by atoms with Gasteiger partial charge in [0, 0.05) is 39.0 Å².